The van der Waals surface area contributed by atoms with Gasteiger partial charge in [0.1, 0.15) is 0 Å². The van der Waals surface area contributed by atoms with Crippen molar-refractivity contribution in [1.82, 2.24) is 15.0 Å². The van der Waals surface area contributed by atoms with Gasteiger partial charge in [0.15, 0.2) is 11.7 Å². The average Bonchev–Trinajstić information content (AvgIpc) is 3.25. The predicted octanol–water partition coefficient (Wildman–Crippen LogP) is 4.62. The van der Waals surface area contributed by atoms with Gasteiger partial charge in [-0.2, -0.15) is 0 Å². The van der Waals surface area contributed by atoms with E-state index in [4.69, 9.17) is 4.42 Å². The number of sulfonamides is 1. The van der Waals surface area contributed by atoms with E-state index in [2.05, 4.69) is 41.0 Å². The van der Waals surface area contributed by atoms with E-state index < -0.39 is 10.0 Å². The molecule has 0 aliphatic rings. The Hall–Kier alpha value is -2.97. The fourth-order valence-electron chi connectivity index (χ4n) is 3.72. The van der Waals surface area contributed by atoms with Crippen LogP contribution in [0.1, 0.15) is 56.7 Å². The smallest absolute Gasteiger partial charge is 0.220 e. The third kappa shape index (κ3) is 8.96. The zero-order chi connectivity index (χ0) is 25.4. The lowest BCUT2D eigenvalue weighted by molar-refractivity contribution is -0.121. The summed E-state index contributed by atoms with van der Waals surface area (Å²) in [7, 11) is -3.36. The molecule has 0 saturated carbocycles. The van der Waals surface area contributed by atoms with E-state index in [1.54, 1.807) is 32.2 Å². The van der Waals surface area contributed by atoms with Gasteiger partial charge >= 0.3 is 0 Å². The van der Waals surface area contributed by atoms with Gasteiger partial charge in [-0.25, -0.2) is 18.1 Å². The van der Waals surface area contributed by atoms with Crippen LogP contribution >= 0.6 is 0 Å². The molecule has 1 aromatic heterocycles. The highest BCUT2D eigenvalue weighted by atomic mass is 32.2. The van der Waals surface area contributed by atoms with Gasteiger partial charge in [0, 0.05) is 31.0 Å². The number of carbonyl (C=O) groups excluding carboxylic acids is 1. The Labute approximate surface area is 208 Å². The zero-order valence-electron chi connectivity index (χ0n) is 20.9. The zero-order valence-corrected chi connectivity index (χ0v) is 21.7. The number of hydrogen-bond acceptors (Lipinski definition) is 5. The molecule has 1 amide bonds. The molecule has 0 atom stereocenters. The van der Waals surface area contributed by atoms with Crippen LogP contribution in [-0.4, -0.2) is 25.4 Å². The molecule has 2 N–H and O–H groups in total. The molecule has 0 aliphatic carbocycles. The maximum atomic E-state index is 12.3. The van der Waals surface area contributed by atoms with E-state index in [0.29, 0.717) is 36.1 Å². The number of oxazole rings is 1. The minimum atomic E-state index is -3.36. The second-order valence-corrected chi connectivity index (χ2v) is 11.3. The Morgan fingerprint density at radius 1 is 0.943 bits per heavy atom. The van der Waals surface area contributed by atoms with E-state index in [0.717, 1.165) is 17.5 Å². The fraction of sp³-hybridized carbons (Fsp3) is 0.407. The molecule has 0 spiro atoms. The molecule has 2 aromatic carbocycles. The predicted molar refractivity (Wildman–Crippen MR) is 138 cm³/mol. The molecule has 0 unspecified atom stereocenters. The highest BCUT2D eigenvalue weighted by Gasteiger charge is 2.13. The molecule has 0 aliphatic heterocycles. The maximum Gasteiger partial charge on any atom is 0.220 e. The van der Waals surface area contributed by atoms with Gasteiger partial charge < -0.3 is 9.73 Å². The number of nitrogens with one attached hydrogen (secondary N) is 2. The van der Waals surface area contributed by atoms with Crippen LogP contribution in [0.25, 0.3) is 11.3 Å². The molecular formula is C27H35N3O4S. The first kappa shape index (κ1) is 26.6. The summed E-state index contributed by atoms with van der Waals surface area (Å²) in [5.41, 5.74) is 3.86. The number of amides is 1. The SMILES string of the molecule is CC(C)Cc1ccc(-c2cnc(CCC(=O)NCc3ccc(CS(=O)(=O)NC(C)C)cc3)o2)cc1. The van der Waals surface area contributed by atoms with Crippen LogP contribution in [-0.2, 0) is 40.0 Å². The van der Waals surface area contributed by atoms with Crippen LogP contribution in [0.5, 0.6) is 0 Å². The standard InChI is InChI=1S/C27H35N3O4S/c1-19(2)15-21-9-11-24(12-10-21)25-17-29-27(34-25)14-13-26(31)28-16-22-5-7-23(8-6-22)18-35(32,33)30-20(3)4/h5-12,17,19-20,30H,13-16,18H2,1-4H3,(H,28,31). The summed E-state index contributed by atoms with van der Waals surface area (Å²) in [6.07, 6.45) is 3.42. The number of benzene rings is 2. The minimum absolute atomic E-state index is 0.0714. The average molecular weight is 498 g/mol. The third-order valence-corrected chi connectivity index (χ3v) is 6.83. The summed E-state index contributed by atoms with van der Waals surface area (Å²) in [5.74, 6) is 1.66. The monoisotopic (exact) mass is 497 g/mol. The first-order chi connectivity index (χ1) is 16.6. The Morgan fingerprint density at radius 2 is 1.57 bits per heavy atom. The number of carbonyl (C=O) groups is 1. The van der Waals surface area contributed by atoms with Crippen LogP contribution in [0, 0.1) is 5.92 Å². The van der Waals surface area contributed by atoms with Crippen molar-refractivity contribution in [3.63, 3.8) is 0 Å². The normalized spacial score (nSPS) is 11.8. The molecule has 8 heteroatoms. The Bertz CT molecular complexity index is 1200. The van der Waals surface area contributed by atoms with Crippen molar-refractivity contribution in [2.24, 2.45) is 5.92 Å². The first-order valence-electron chi connectivity index (χ1n) is 12.0. The lowest BCUT2D eigenvalue weighted by Crippen LogP contribution is -2.31. The molecule has 0 bridgehead atoms. The van der Waals surface area contributed by atoms with E-state index in [1.165, 1.54) is 5.56 Å². The third-order valence-electron chi connectivity index (χ3n) is 5.29. The van der Waals surface area contributed by atoms with E-state index >= 15 is 0 Å². The maximum absolute atomic E-state index is 12.3. The van der Waals surface area contributed by atoms with Crippen molar-refractivity contribution in [1.29, 1.82) is 0 Å². The Morgan fingerprint density at radius 3 is 2.20 bits per heavy atom. The number of nitrogens with zero attached hydrogens (tertiary/aromatic N) is 1. The summed E-state index contributed by atoms with van der Waals surface area (Å²) in [4.78, 5) is 16.6. The topological polar surface area (TPSA) is 101 Å². The minimum Gasteiger partial charge on any atom is -0.441 e. The van der Waals surface area contributed by atoms with Crippen molar-refractivity contribution < 1.29 is 17.6 Å². The van der Waals surface area contributed by atoms with Crippen LogP contribution in [0.15, 0.2) is 59.1 Å². The van der Waals surface area contributed by atoms with Gasteiger partial charge in [-0.15, -0.1) is 0 Å². The molecule has 0 saturated heterocycles. The van der Waals surface area contributed by atoms with Crippen molar-refractivity contribution >= 4 is 15.9 Å². The van der Waals surface area contributed by atoms with Gasteiger partial charge in [0.25, 0.3) is 0 Å². The fourth-order valence-corrected chi connectivity index (χ4v) is 5.15. The molecule has 0 radical (unpaired) electrons. The Balaban J connectivity index is 1.44. The molecule has 35 heavy (non-hydrogen) atoms. The van der Waals surface area contributed by atoms with Gasteiger partial charge in [-0.05, 0) is 42.9 Å². The summed E-state index contributed by atoms with van der Waals surface area (Å²) >= 11 is 0. The lowest BCUT2D eigenvalue weighted by Gasteiger charge is -2.10. The molecule has 1 heterocycles. The van der Waals surface area contributed by atoms with Crippen LogP contribution in [0.2, 0.25) is 0 Å². The summed E-state index contributed by atoms with van der Waals surface area (Å²) in [6.45, 7) is 8.35. The second-order valence-electron chi connectivity index (χ2n) is 9.54. The molecule has 3 aromatic rings. The molecule has 3 rings (SSSR count). The first-order valence-corrected chi connectivity index (χ1v) is 13.6. The van der Waals surface area contributed by atoms with E-state index in [1.807, 2.05) is 24.3 Å². The van der Waals surface area contributed by atoms with Crippen molar-refractivity contribution in [2.75, 3.05) is 0 Å². The highest BCUT2D eigenvalue weighted by molar-refractivity contribution is 7.88. The summed E-state index contributed by atoms with van der Waals surface area (Å²) in [5, 5.41) is 2.88. The molecule has 188 valence electrons. The van der Waals surface area contributed by atoms with Crippen LogP contribution in [0.4, 0.5) is 0 Å². The van der Waals surface area contributed by atoms with Gasteiger partial charge in [0.2, 0.25) is 15.9 Å². The molecule has 7 nitrogen and oxygen atoms in total. The number of hydrogen-bond donors (Lipinski definition) is 2. The van der Waals surface area contributed by atoms with E-state index in [9.17, 15) is 13.2 Å². The van der Waals surface area contributed by atoms with Crippen LogP contribution in [0.3, 0.4) is 0 Å². The summed E-state index contributed by atoms with van der Waals surface area (Å²) in [6, 6.07) is 15.3. The van der Waals surface area contributed by atoms with Gasteiger partial charge in [0.05, 0.1) is 11.9 Å². The molecular weight excluding hydrogens is 462 g/mol. The second kappa shape index (κ2) is 12.1. The number of aromatic nitrogens is 1. The highest BCUT2D eigenvalue weighted by Crippen LogP contribution is 2.22. The van der Waals surface area contributed by atoms with Crippen molar-refractivity contribution in [3.05, 3.63) is 77.3 Å². The summed E-state index contributed by atoms with van der Waals surface area (Å²) < 4.78 is 32.5. The van der Waals surface area contributed by atoms with E-state index in [-0.39, 0.29) is 24.1 Å². The quantitative estimate of drug-likeness (QED) is 0.380. The largest absolute Gasteiger partial charge is 0.441 e. The van der Waals surface area contributed by atoms with Crippen molar-refractivity contribution in [2.45, 2.75) is 65.3 Å². The molecule has 0 fully saturated rings. The van der Waals surface area contributed by atoms with Gasteiger partial charge in [-0.3, -0.25) is 4.79 Å². The Kier molecular flexibility index (Phi) is 9.23. The van der Waals surface area contributed by atoms with Gasteiger partial charge in [-0.1, -0.05) is 62.4 Å². The van der Waals surface area contributed by atoms with Crippen LogP contribution < -0.4 is 10.0 Å². The van der Waals surface area contributed by atoms with Crippen molar-refractivity contribution in [3.8, 4) is 11.3 Å². The number of aryl methyl sites for hydroxylation is 1. The lowest BCUT2D eigenvalue weighted by atomic mass is 10.0. The number of rotatable bonds is 12.